The summed E-state index contributed by atoms with van der Waals surface area (Å²) in [4.78, 5) is 12.6. The largest absolute Gasteiger partial charge is 0.494 e. The van der Waals surface area contributed by atoms with Crippen LogP contribution in [0.2, 0.25) is 0 Å². The molecular formula is C29H31F2NO6. The van der Waals surface area contributed by atoms with Gasteiger partial charge >= 0.3 is 6.09 Å². The molecule has 3 aromatic carbocycles. The third-order valence-electron chi connectivity index (χ3n) is 6.44. The second-order valence-corrected chi connectivity index (χ2v) is 9.18. The lowest BCUT2D eigenvalue weighted by molar-refractivity contribution is -0.0665. The molecule has 1 saturated heterocycles. The number of carboxylic acid groups (broad SMARTS) is 1. The predicted molar refractivity (Wildman–Crippen MR) is 136 cm³/mol. The third-order valence-corrected chi connectivity index (χ3v) is 6.44. The van der Waals surface area contributed by atoms with Crippen LogP contribution in [0.15, 0.2) is 72.8 Å². The molecule has 1 aliphatic rings. The molecule has 1 heterocycles. The molecule has 0 aliphatic carbocycles. The van der Waals surface area contributed by atoms with Crippen LogP contribution in [0, 0.1) is 11.6 Å². The fraction of sp³-hybridized carbons (Fsp3) is 0.345. The second-order valence-electron chi connectivity index (χ2n) is 9.18. The number of nitrogens with zero attached hydrogens (tertiary/aromatic N) is 1. The molecule has 202 valence electrons. The van der Waals surface area contributed by atoms with Gasteiger partial charge in [0.25, 0.3) is 0 Å². The summed E-state index contributed by atoms with van der Waals surface area (Å²) in [6, 6.07) is 20.3. The van der Waals surface area contributed by atoms with Gasteiger partial charge in [-0.25, -0.2) is 13.6 Å². The quantitative estimate of drug-likeness (QED) is 0.342. The van der Waals surface area contributed by atoms with E-state index in [1.54, 1.807) is 24.3 Å². The molecule has 4 rings (SSSR count). The van der Waals surface area contributed by atoms with Gasteiger partial charge in [-0.2, -0.15) is 0 Å². The van der Waals surface area contributed by atoms with Crippen molar-refractivity contribution in [2.75, 3.05) is 26.3 Å². The van der Waals surface area contributed by atoms with Crippen molar-refractivity contribution in [2.24, 2.45) is 0 Å². The molecule has 9 heteroatoms. The summed E-state index contributed by atoms with van der Waals surface area (Å²) in [6.45, 7) is 1.32. The van der Waals surface area contributed by atoms with E-state index in [0.717, 1.165) is 34.6 Å². The van der Waals surface area contributed by atoms with Gasteiger partial charge in [0, 0.05) is 24.0 Å². The third kappa shape index (κ3) is 7.50. The number of aliphatic hydroxyl groups is 1. The van der Waals surface area contributed by atoms with E-state index >= 15 is 0 Å². The number of amides is 1. The zero-order valence-corrected chi connectivity index (χ0v) is 20.8. The number of hydrogen-bond acceptors (Lipinski definition) is 5. The van der Waals surface area contributed by atoms with Gasteiger partial charge in [0.15, 0.2) is 0 Å². The van der Waals surface area contributed by atoms with E-state index in [2.05, 4.69) is 0 Å². The predicted octanol–water partition coefficient (Wildman–Crippen LogP) is 4.97. The van der Waals surface area contributed by atoms with Crippen molar-refractivity contribution >= 4 is 6.09 Å². The second kappa shape index (κ2) is 13.3. The maximum absolute atomic E-state index is 14.1. The number of hydrogen-bond donors (Lipinski definition) is 2. The van der Waals surface area contributed by atoms with Crippen molar-refractivity contribution in [3.63, 3.8) is 0 Å². The highest BCUT2D eigenvalue weighted by atomic mass is 19.1. The summed E-state index contributed by atoms with van der Waals surface area (Å²) in [5.74, 6) is -1.34. The number of benzene rings is 3. The number of aliphatic hydroxyl groups excluding tert-OH is 1. The Morgan fingerprint density at radius 2 is 1.71 bits per heavy atom. The Balaban J connectivity index is 1.33. The minimum atomic E-state index is -1.18. The number of halogens is 2. The lowest BCUT2D eigenvalue weighted by Crippen LogP contribution is -2.53. The first-order valence-corrected chi connectivity index (χ1v) is 12.5. The number of piperidine rings is 1. The molecule has 38 heavy (non-hydrogen) atoms. The SMILES string of the molecule is O=C(O)N1CC(O)C(c2ccc(OCCCOCc3ccccc3)cc2)C(OCc2ccc(F)cc2F)C1. The summed E-state index contributed by atoms with van der Waals surface area (Å²) in [6.07, 6.45) is -2.23. The highest BCUT2D eigenvalue weighted by Crippen LogP contribution is 2.33. The highest BCUT2D eigenvalue weighted by Gasteiger charge is 2.39. The average molecular weight is 528 g/mol. The molecule has 0 bridgehead atoms. The van der Waals surface area contributed by atoms with Gasteiger partial charge in [0.1, 0.15) is 17.4 Å². The zero-order valence-electron chi connectivity index (χ0n) is 20.8. The van der Waals surface area contributed by atoms with E-state index in [4.69, 9.17) is 14.2 Å². The van der Waals surface area contributed by atoms with Crippen molar-refractivity contribution in [1.29, 1.82) is 0 Å². The Hall–Kier alpha value is -3.53. The van der Waals surface area contributed by atoms with Gasteiger partial charge < -0.3 is 29.3 Å². The van der Waals surface area contributed by atoms with Crippen LogP contribution in [0.25, 0.3) is 0 Å². The zero-order chi connectivity index (χ0) is 26.9. The van der Waals surface area contributed by atoms with E-state index in [-0.39, 0.29) is 25.3 Å². The summed E-state index contributed by atoms with van der Waals surface area (Å²) in [7, 11) is 0. The van der Waals surface area contributed by atoms with Gasteiger partial charge in [-0.15, -0.1) is 0 Å². The van der Waals surface area contributed by atoms with Gasteiger partial charge in [0.2, 0.25) is 0 Å². The normalized spacial score (nSPS) is 19.3. The number of rotatable bonds is 11. The standard InChI is InChI=1S/C29H31F2NO6/c30-23-10-7-22(25(31)15-23)19-38-27-17-32(29(34)35)16-26(33)28(27)21-8-11-24(12-9-21)37-14-4-13-36-18-20-5-2-1-3-6-20/h1-3,5-12,15,26-28,33H,4,13-14,16-19H2,(H,34,35). The van der Waals surface area contributed by atoms with Gasteiger partial charge in [0.05, 0.1) is 51.7 Å². The molecule has 0 radical (unpaired) electrons. The molecule has 1 amide bonds. The fourth-order valence-electron chi connectivity index (χ4n) is 4.48. The van der Waals surface area contributed by atoms with Crippen LogP contribution < -0.4 is 4.74 Å². The van der Waals surface area contributed by atoms with Crippen LogP contribution in [0.4, 0.5) is 13.6 Å². The van der Waals surface area contributed by atoms with E-state index in [0.29, 0.717) is 25.6 Å². The van der Waals surface area contributed by atoms with Crippen molar-refractivity contribution < 1.29 is 38.0 Å². The first-order valence-electron chi connectivity index (χ1n) is 12.5. The number of carbonyl (C=O) groups is 1. The van der Waals surface area contributed by atoms with E-state index in [9.17, 15) is 23.8 Å². The lowest BCUT2D eigenvalue weighted by Gasteiger charge is -2.40. The van der Waals surface area contributed by atoms with Crippen molar-refractivity contribution in [1.82, 2.24) is 4.90 Å². The van der Waals surface area contributed by atoms with E-state index in [1.165, 1.54) is 6.07 Å². The summed E-state index contributed by atoms with van der Waals surface area (Å²) >= 11 is 0. The van der Waals surface area contributed by atoms with Gasteiger partial charge in [-0.05, 0) is 29.3 Å². The number of likely N-dealkylation sites (tertiary alicyclic amines) is 1. The molecule has 7 nitrogen and oxygen atoms in total. The molecule has 3 aromatic rings. The molecular weight excluding hydrogens is 496 g/mol. The highest BCUT2D eigenvalue weighted by molar-refractivity contribution is 5.65. The number of ether oxygens (including phenoxy) is 3. The van der Waals surface area contributed by atoms with Crippen LogP contribution >= 0.6 is 0 Å². The van der Waals surface area contributed by atoms with Crippen molar-refractivity contribution in [2.45, 2.75) is 37.8 Å². The van der Waals surface area contributed by atoms with Crippen LogP contribution in [-0.2, 0) is 22.7 Å². The Bertz CT molecular complexity index is 1180. The maximum atomic E-state index is 14.1. The van der Waals surface area contributed by atoms with Crippen molar-refractivity contribution in [3.8, 4) is 5.75 Å². The summed E-state index contributed by atoms with van der Waals surface area (Å²) < 4.78 is 44.7. The summed E-state index contributed by atoms with van der Waals surface area (Å²) in [5, 5.41) is 20.3. The van der Waals surface area contributed by atoms with E-state index < -0.39 is 35.9 Å². The number of β-amino-alcohol motifs (C(OH)–C–C–N with tert-alkyl or cyclic N) is 1. The average Bonchev–Trinajstić information content (AvgIpc) is 2.91. The topological polar surface area (TPSA) is 88.5 Å². The molecule has 0 saturated carbocycles. The molecule has 3 atom stereocenters. The first-order chi connectivity index (χ1) is 18.4. The Labute approximate surface area is 220 Å². The minimum absolute atomic E-state index is 0.00110. The van der Waals surface area contributed by atoms with E-state index in [1.807, 2.05) is 30.3 Å². The van der Waals surface area contributed by atoms with Crippen LogP contribution in [0.1, 0.15) is 29.0 Å². The lowest BCUT2D eigenvalue weighted by atomic mass is 9.84. The Morgan fingerprint density at radius 3 is 2.42 bits per heavy atom. The maximum Gasteiger partial charge on any atom is 0.407 e. The minimum Gasteiger partial charge on any atom is -0.494 e. The smallest absolute Gasteiger partial charge is 0.407 e. The monoisotopic (exact) mass is 527 g/mol. The fourth-order valence-corrected chi connectivity index (χ4v) is 4.48. The van der Waals surface area contributed by atoms with Gasteiger partial charge in [-0.3, -0.25) is 0 Å². The molecule has 0 aromatic heterocycles. The van der Waals surface area contributed by atoms with Crippen LogP contribution in [0.3, 0.4) is 0 Å². The van der Waals surface area contributed by atoms with Gasteiger partial charge in [-0.1, -0.05) is 48.5 Å². The Kier molecular flexibility index (Phi) is 9.64. The van der Waals surface area contributed by atoms with Crippen LogP contribution in [-0.4, -0.2) is 59.7 Å². The molecule has 1 fully saturated rings. The van der Waals surface area contributed by atoms with Crippen LogP contribution in [0.5, 0.6) is 5.75 Å². The molecule has 1 aliphatic heterocycles. The van der Waals surface area contributed by atoms with Crippen molar-refractivity contribution in [3.05, 3.63) is 101 Å². The molecule has 3 unspecified atom stereocenters. The first kappa shape index (κ1) is 27.5. The molecule has 0 spiro atoms. The molecule has 2 N–H and O–H groups in total. The Morgan fingerprint density at radius 1 is 0.947 bits per heavy atom. The summed E-state index contributed by atoms with van der Waals surface area (Å²) in [5.41, 5.74) is 2.00.